The Morgan fingerprint density at radius 1 is 1.19 bits per heavy atom. The molecule has 0 radical (unpaired) electrons. The van der Waals surface area contributed by atoms with Gasteiger partial charge in [0.15, 0.2) is 0 Å². The molecular weight excluding hydrogens is 400 g/mol. The summed E-state index contributed by atoms with van der Waals surface area (Å²) in [5.74, 6) is -2.02. The predicted molar refractivity (Wildman–Crippen MR) is 114 cm³/mol. The average molecular weight is 424 g/mol. The molecule has 1 aliphatic heterocycles. The number of rotatable bonds is 8. The van der Waals surface area contributed by atoms with Crippen molar-refractivity contribution in [3.8, 4) is 0 Å². The molecule has 0 aliphatic carbocycles. The van der Waals surface area contributed by atoms with Gasteiger partial charge in [-0.05, 0) is 25.2 Å². The van der Waals surface area contributed by atoms with E-state index < -0.39 is 28.4 Å². The van der Waals surface area contributed by atoms with Crippen molar-refractivity contribution in [2.24, 2.45) is 0 Å². The van der Waals surface area contributed by atoms with Crippen LogP contribution in [0.4, 0.5) is 5.69 Å². The molecule has 1 atom stereocenters. The maximum atomic E-state index is 12.9. The maximum absolute atomic E-state index is 12.9. The molecule has 1 N–H and O–H groups in total. The minimum absolute atomic E-state index is 0.0943. The molecule has 9 heteroatoms. The van der Waals surface area contributed by atoms with Crippen LogP contribution in [0.3, 0.4) is 0 Å². The third-order valence-corrected chi connectivity index (χ3v) is 5.39. The Bertz CT molecular complexity index is 1020. The molecule has 0 bridgehead atoms. The van der Waals surface area contributed by atoms with E-state index >= 15 is 0 Å². The van der Waals surface area contributed by atoms with Crippen molar-refractivity contribution in [1.29, 1.82) is 0 Å². The number of carbonyl (C=O) groups excluding carboxylic acids is 2. The molecule has 1 amide bonds. The molecule has 9 nitrogen and oxygen atoms in total. The molecule has 0 spiro atoms. The molecule has 162 valence electrons. The minimum Gasteiger partial charge on any atom is -0.507 e. The van der Waals surface area contributed by atoms with E-state index in [1.807, 2.05) is 13.8 Å². The summed E-state index contributed by atoms with van der Waals surface area (Å²) in [4.78, 5) is 44.2. The monoisotopic (exact) mass is 424 g/mol. The molecule has 31 heavy (non-hydrogen) atoms. The van der Waals surface area contributed by atoms with Gasteiger partial charge in [0, 0.05) is 37.0 Å². The number of aromatic nitrogens is 1. The highest BCUT2D eigenvalue weighted by atomic mass is 16.6. The number of aliphatic hydroxyl groups is 1. The van der Waals surface area contributed by atoms with Crippen molar-refractivity contribution in [3.63, 3.8) is 0 Å². The number of hydrogen-bond donors (Lipinski definition) is 1. The van der Waals surface area contributed by atoms with E-state index in [1.165, 1.54) is 29.2 Å². The number of non-ortho nitro benzene ring substituents is 1. The second-order valence-corrected chi connectivity index (χ2v) is 7.08. The Morgan fingerprint density at radius 3 is 2.55 bits per heavy atom. The first-order chi connectivity index (χ1) is 14.9. The van der Waals surface area contributed by atoms with Crippen LogP contribution in [0, 0.1) is 10.1 Å². The summed E-state index contributed by atoms with van der Waals surface area (Å²) in [5.41, 5.74) is 0.183. The molecule has 2 heterocycles. The fourth-order valence-electron chi connectivity index (χ4n) is 3.67. The summed E-state index contributed by atoms with van der Waals surface area (Å²) in [7, 11) is 0. The van der Waals surface area contributed by atoms with E-state index in [0.29, 0.717) is 12.2 Å². The average Bonchev–Trinajstić information content (AvgIpc) is 3.05. The summed E-state index contributed by atoms with van der Waals surface area (Å²) in [6.07, 6.45) is 1.55. The molecule has 0 saturated carbocycles. The van der Waals surface area contributed by atoms with Crippen LogP contribution in [0.5, 0.6) is 0 Å². The third-order valence-electron chi connectivity index (χ3n) is 5.39. The Hall–Kier alpha value is -3.59. The van der Waals surface area contributed by atoms with Crippen molar-refractivity contribution in [1.82, 2.24) is 14.8 Å². The van der Waals surface area contributed by atoms with Crippen LogP contribution >= 0.6 is 0 Å². The molecule has 3 rings (SSSR count). The number of nitro groups is 1. The fraction of sp³-hybridized carbons (Fsp3) is 0.318. The molecule has 1 aromatic heterocycles. The van der Waals surface area contributed by atoms with Crippen molar-refractivity contribution >= 4 is 23.1 Å². The predicted octanol–water partition coefficient (Wildman–Crippen LogP) is 2.75. The molecule has 2 aromatic rings. The van der Waals surface area contributed by atoms with Crippen LogP contribution in [-0.4, -0.2) is 62.7 Å². The zero-order chi connectivity index (χ0) is 22.5. The van der Waals surface area contributed by atoms with Gasteiger partial charge in [-0.1, -0.05) is 32.0 Å². The van der Waals surface area contributed by atoms with Gasteiger partial charge in [0.05, 0.1) is 16.2 Å². The van der Waals surface area contributed by atoms with Crippen LogP contribution in [0.1, 0.15) is 31.1 Å². The molecule has 1 saturated heterocycles. The van der Waals surface area contributed by atoms with E-state index in [0.717, 1.165) is 13.1 Å². The number of aliphatic hydroxyl groups excluding tert-OH is 1. The first-order valence-corrected chi connectivity index (χ1v) is 10.1. The van der Waals surface area contributed by atoms with E-state index in [-0.39, 0.29) is 23.4 Å². The van der Waals surface area contributed by atoms with Crippen LogP contribution in [-0.2, 0) is 9.59 Å². The molecular formula is C22H24N4O5. The van der Waals surface area contributed by atoms with Crippen LogP contribution in [0.2, 0.25) is 0 Å². The van der Waals surface area contributed by atoms with Gasteiger partial charge < -0.3 is 14.9 Å². The van der Waals surface area contributed by atoms with Crippen LogP contribution < -0.4 is 0 Å². The highest BCUT2D eigenvalue weighted by Gasteiger charge is 2.46. The quantitative estimate of drug-likeness (QED) is 0.228. The largest absolute Gasteiger partial charge is 0.507 e. The van der Waals surface area contributed by atoms with Crippen molar-refractivity contribution in [3.05, 3.63) is 75.6 Å². The Kier molecular flexibility index (Phi) is 6.76. The number of benzene rings is 1. The van der Waals surface area contributed by atoms with E-state index in [9.17, 15) is 24.8 Å². The maximum Gasteiger partial charge on any atom is 0.295 e. The molecule has 1 fully saturated rings. The molecule has 1 unspecified atom stereocenters. The number of Topliss-reactive ketones (excluding diaryl/α,β-unsaturated/α-hetero) is 1. The Labute approximate surface area is 179 Å². The highest BCUT2D eigenvalue weighted by molar-refractivity contribution is 6.46. The Morgan fingerprint density at radius 2 is 1.94 bits per heavy atom. The normalized spacial score (nSPS) is 18.0. The van der Waals surface area contributed by atoms with Gasteiger partial charge in [-0.25, -0.2) is 0 Å². The number of pyridine rings is 1. The summed E-state index contributed by atoms with van der Waals surface area (Å²) in [6, 6.07) is 9.59. The first-order valence-electron chi connectivity index (χ1n) is 10.1. The highest BCUT2D eigenvalue weighted by Crippen LogP contribution is 2.38. The molecule has 1 aliphatic rings. The van der Waals surface area contributed by atoms with E-state index in [2.05, 4.69) is 9.88 Å². The SMILES string of the molecule is CCN(CC)CCN1C(=O)C(=O)/C(=C(\O)c2cccc([N+](=O)[O-])c2)C1c1ccccn1. The van der Waals surface area contributed by atoms with Gasteiger partial charge in [0.1, 0.15) is 11.8 Å². The number of likely N-dealkylation sites (tertiary alicyclic amines) is 1. The zero-order valence-electron chi connectivity index (χ0n) is 17.4. The smallest absolute Gasteiger partial charge is 0.295 e. The third kappa shape index (κ3) is 4.46. The summed E-state index contributed by atoms with van der Waals surface area (Å²) < 4.78 is 0. The van der Waals surface area contributed by atoms with Gasteiger partial charge >= 0.3 is 0 Å². The van der Waals surface area contributed by atoms with Crippen molar-refractivity contribution in [2.75, 3.05) is 26.2 Å². The van der Waals surface area contributed by atoms with Crippen molar-refractivity contribution in [2.45, 2.75) is 19.9 Å². The number of amides is 1. The lowest BCUT2D eigenvalue weighted by Crippen LogP contribution is -2.38. The van der Waals surface area contributed by atoms with Gasteiger partial charge in [-0.2, -0.15) is 0 Å². The number of nitrogens with zero attached hydrogens (tertiary/aromatic N) is 4. The van der Waals surface area contributed by atoms with Crippen LogP contribution in [0.25, 0.3) is 5.76 Å². The van der Waals surface area contributed by atoms with Gasteiger partial charge in [0.25, 0.3) is 17.4 Å². The zero-order valence-corrected chi connectivity index (χ0v) is 17.4. The number of likely N-dealkylation sites (N-methyl/N-ethyl adjacent to an activating group) is 1. The first kappa shape index (κ1) is 22.1. The lowest BCUT2D eigenvalue weighted by molar-refractivity contribution is -0.384. The fourth-order valence-corrected chi connectivity index (χ4v) is 3.67. The number of ketones is 1. The second kappa shape index (κ2) is 9.48. The number of hydrogen-bond acceptors (Lipinski definition) is 7. The number of carbonyl (C=O) groups is 2. The molecule has 1 aromatic carbocycles. The van der Waals surface area contributed by atoms with E-state index in [4.69, 9.17) is 0 Å². The summed E-state index contributed by atoms with van der Waals surface area (Å²) >= 11 is 0. The standard InChI is InChI=1S/C22H24N4O5/c1-3-24(4-2)12-13-25-19(17-10-5-6-11-23-17)18(21(28)22(25)29)20(27)15-8-7-9-16(14-15)26(30)31/h5-11,14,19,27H,3-4,12-13H2,1-2H3/b20-18-. The summed E-state index contributed by atoms with van der Waals surface area (Å²) in [6.45, 7) is 6.44. The minimum atomic E-state index is -0.879. The van der Waals surface area contributed by atoms with Crippen LogP contribution in [0.15, 0.2) is 54.2 Å². The van der Waals surface area contributed by atoms with E-state index in [1.54, 1.807) is 24.4 Å². The second-order valence-electron chi connectivity index (χ2n) is 7.08. The van der Waals surface area contributed by atoms with Gasteiger partial charge in [0.2, 0.25) is 0 Å². The lowest BCUT2D eigenvalue weighted by Gasteiger charge is -2.27. The lowest BCUT2D eigenvalue weighted by atomic mass is 9.98. The summed E-state index contributed by atoms with van der Waals surface area (Å²) in [5, 5.41) is 22.1. The Balaban J connectivity index is 2.10. The van der Waals surface area contributed by atoms with Crippen molar-refractivity contribution < 1.29 is 19.6 Å². The topological polar surface area (TPSA) is 117 Å². The number of nitro benzene ring substituents is 1. The van der Waals surface area contributed by atoms with Gasteiger partial charge in [-0.15, -0.1) is 0 Å². The van der Waals surface area contributed by atoms with Gasteiger partial charge in [-0.3, -0.25) is 24.7 Å².